The standard InChI is InChI=1S/C26H22O/c27-24-16-15-22-21-13-7-8-14-23(21)26(25(22)24,17-19-9-3-1-4-10-19)18-20-11-5-2-6-12-20/h1-14H,15-18H2. The number of hydrogen-bond acceptors (Lipinski definition) is 1. The Hall–Kier alpha value is -2.93. The number of carbonyl (C=O) groups is 1. The van der Waals surface area contributed by atoms with Crippen molar-refractivity contribution >= 4 is 11.4 Å². The Morgan fingerprint density at radius 2 is 1.22 bits per heavy atom. The van der Waals surface area contributed by atoms with Gasteiger partial charge in [0, 0.05) is 17.4 Å². The van der Waals surface area contributed by atoms with Crippen molar-refractivity contribution in [3.63, 3.8) is 0 Å². The molecule has 0 saturated heterocycles. The maximum absolute atomic E-state index is 13.1. The second-order valence-corrected chi connectivity index (χ2v) is 7.73. The van der Waals surface area contributed by atoms with E-state index in [-0.39, 0.29) is 5.41 Å². The molecule has 0 aromatic heterocycles. The van der Waals surface area contributed by atoms with Gasteiger partial charge in [-0.15, -0.1) is 0 Å². The van der Waals surface area contributed by atoms with Gasteiger partial charge >= 0.3 is 0 Å². The number of ketones is 1. The van der Waals surface area contributed by atoms with Gasteiger partial charge in [-0.25, -0.2) is 0 Å². The highest BCUT2D eigenvalue weighted by Crippen LogP contribution is 2.54. The molecule has 1 nitrogen and oxygen atoms in total. The van der Waals surface area contributed by atoms with Crippen LogP contribution in [0.5, 0.6) is 0 Å². The van der Waals surface area contributed by atoms with E-state index < -0.39 is 0 Å². The smallest absolute Gasteiger partial charge is 0.160 e. The maximum Gasteiger partial charge on any atom is 0.160 e. The molecule has 0 amide bonds. The fraction of sp³-hybridized carbons (Fsp3) is 0.192. The van der Waals surface area contributed by atoms with E-state index in [0.717, 1.165) is 24.8 Å². The van der Waals surface area contributed by atoms with Crippen molar-refractivity contribution in [1.82, 2.24) is 0 Å². The lowest BCUT2D eigenvalue weighted by Crippen LogP contribution is -2.34. The predicted molar refractivity (Wildman–Crippen MR) is 110 cm³/mol. The number of Topliss-reactive ketones (excluding diaryl/α,β-unsaturated/α-hetero) is 1. The number of carbonyl (C=O) groups excluding carboxylic acids is 1. The van der Waals surface area contributed by atoms with Crippen molar-refractivity contribution < 1.29 is 4.79 Å². The Labute approximate surface area is 160 Å². The molecular formula is C26H22O. The molecule has 27 heavy (non-hydrogen) atoms. The summed E-state index contributed by atoms with van der Waals surface area (Å²) in [5, 5.41) is 0. The molecule has 0 saturated carbocycles. The topological polar surface area (TPSA) is 17.1 Å². The summed E-state index contributed by atoms with van der Waals surface area (Å²) >= 11 is 0. The Bertz CT molecular complexity index is 987. The number of fused-ring (bicyclic) bond motifs is 2. The minimum absolute atomic E-state index is 0.262. The monoisotopic (exact) mass is 350 g/mol. The van der Waals surface area contributed by atoms with E-state index >= 15 is 0 Å². The lowest BCUT2D eigenvalue weighted by molar-refractivity contribution is -0.115. The minimum atomic E-state index is -0.262. The lowest BCUT2D eigenvalue weighted by atomic mass is 9.68. The van der Waals surface area contributed by atoms with Crippen molar-refractivity contribution in [1.29, 1.82) is 0 Å². The van der Waals surface area contributed by atoms with E-state index in [1.165, 1.54) is 27.8 Å². The van der Waals surface area contributed by atoms with Gasteiger partial charge in [-0.05, 0) is 47.1 Å². The average molecular weight is 350 g/mol. The van der Waals surface area contributed by atoms with Crippen LogP contribution in [0.25, 0.3) is 5.57 Å². The number of rotatable bonds is 4. The average Bonchev–Trinajstić information content (AvgIpc) is 3.22. The summed E-state index contributed by atoms with van der Waals surface area (Å²) in [7, 11) is 0. The first kappa shape index (κ1) is 16.3. The molecule has 0 heterocycles. The van der Waals surface area contributed by atoms with Crippen LogP contribution in [-0.4, -0.2) is 5.78 Å². The molecule has 0 aliphatic heterocycles. The molecule has 0 bridgehead atoms. The van der Waals surface area contributed by atoms with Crippen molar-refractivity contribution in [2.45, 2.75) is 31.1 Å². The van der Waals surface area contributed by atoms with Gasteiger partial charge in [0.25, 0.3) is 0 Å². The van der Waals surface area contributed by atoms with Gasteiger partial charge in [0.1, 0.15) is 0 Å². The van der Waals surface area contributed by atoms with Gasteiger partial charge in [0.2, 0.25) is 0 Å². The van der Waals surface area contributed by atoms with Gasteiger partial charge < -0.3 is 0 Å². The van der Waals surface area contributed by atoms with Crippen LogP contribution < -0.4 is 0 Å². The maximum atomic E-state index is 13.1. The Morgan fingerprint density at radius 3 is 1.85 bits per heavy atom. The van der Waals surface area contributed by atoms with E-state index in [2.05, 4.69) is 84.9 Å². The summed E-state index contributed by atoms with van der Waals surface area (Å²) in [5.41, 5.74) is 7.32. The quantitative estimate of drug-likeness (QED) is 0.604. The first-order valence-electron chi connectivity index (χ1n) is 9.72. The third-order valence-electron chi connectivity index (χ3n) is 6.13. The number of benzene rings is 3. The SMILES string of the molecule is O=C1CCC2=C1C(Cc1ccccc1)(Cc1ccccc1)c1ccccc12. The van der Waals surface area contributed by atoms with Gasteiger partial charge in [-0.2, -0.15) is 0 Å². The molecule has 0 fully saturated rings. The highest BCUT2D eigenvalue weighted by Gasteiger charge is 2.49. The summed E-state index contributed by atoms with van der Waals surface area (Å²) in [5.74, 6) is 0.341. The zero-order valence-corrected chi connectivity index (χ0v) is 15.3. The fourth-order valence-corrected chi connectivity index (χ4v) is 5.10. The van der Waals surface area contributed by atoms with E-state index in [0.29, 0.717) is 12.2 Å². The second-order valence-electron chi connectivity index (χ2n) is 7.73. The van der Waals surface area contributed by atoms with Crippen LogP contribution in [0.3, 0.4) is 0 Å². The zero-order chi connectivity index (χ0) is 18.3. The molecule has 0 N–H and O–H groups in total. The molecule has 2 aliphatic carbocycles. The highest BCUT2D eigenvalue weighted by atomic mass is 16.1. The molecule has 132 valence electrons. The molecule has 3 aromatic rings. The van der Waals surface area contributed by atoms with Crippen LogP contribution in [-0.2, 0) is 23.1 Å². The van der Waals surface area contributed by atoms with Gasteiger partial charge in [-0.3, -0.25) is 4.79 Å². The van der Waals surface area contributed by atoms with Crippen molar-refractivity contribution in [3.05, 3.63) is 113 Å². The summed E-state index contributed by atoms with van der Waals surface area (Å²) in [6, 6.07) is 29.9. The summed E-state index contributed by atoms with van der Waals surface area (Å²) in [6.45, 7) is 0. The van der Waals surface area contributed by atoms with E-state index in [9.17, 15) is 4.79 Å². The van der Waals surface area contributed by atoms with Gasteiger partial charge in [0.05, 0.1) is 0 Å². The van der Waals surface area contributed by atoms with E-state index in [4.69, 9.17) is 0 Å². The molecule has 0 atom stereocenters. The zero-order valence-electron chi connectivity index (χ0n) is 15.3. The normalized spacial score (nSPS) is 17.1. The Balaban J connectivity index is 1.73. The molecule has 1 heteroatoms. The molecule has 3 aromatic carbocycles. The van der Waals surface area contributed by atoms with Crippen molar-refractivity contribution in [2.75, 3.05) is 0 Å². The summed E-state index contributed by atoms with van der Waals surface area (Å²) in [6.07, 6.45) is 3.27. The van der Waals surface area contributed by atoms with Gasteiger partial charge in [0.15, 0.2) is 5.78 Å². The van der Waals surface area contributed by atoms with Crippen LogP contribution >= 0.6 is 0 Å². The molecule has 0 radical (unpaired) electrons. The Morgan fingerprint density at radius 1 is 0.667 bits per heavy atom. The molecule has 0 unspecified atom stereocenters. The first-order valence-corrected chi connectivity index (χ1v) is 9.72. The molecule has 2 aliphatic rings. The van der Waals surface area contributed by atoms with Crippen LogP contribution in [0.2, 0.25) is 0 Å². The molecule has 5 rings (SSSR count). The van der Waals surface area contributed by atoms with E-state index in [1.807, 2.05) is 0 Å². The number of hydrogen-bond donors (Lipinski definition) is 0. The fourth-order valence-electron chi connectivity index (χ4n) is 5.10. The number of allylic oxidation sites excluding steroid dienone is 2. The van der Waals surface area contributed by atoms with E-state index in [1.54, 1.807) is 0 Å². The lowest BCUT2D eigenvalue weighted by Gasteiger charge is -2.34. The Kier molecular flexibility index (Phi) is 3.82. The predicted octanol–water partition coefficient (Wildman–Crippen LogP) is 5.54. The molecular weight excluding hydrogens is 328 g/mol. The molecule has 0 spiro atoms. The van der Waals surface area contributed by atoms with Crippen LogP contribution in [0, 0.1) is 0 Å². The van der Waals surface area contributed by atoms with Crippen molar-refractivity contribution in [2.24, 2.45) is 0 Å². The third kappa shape index (κ3) is 2.57. The third-order valence-corrected chi connectivity index (χ3v) is 6.13. The van der Waals surface area contributed by atoms with Gasteiger partial charge in [-0.1, -0.05) is 84.9 Å². The minimum Gasteiger partial charge on any atom is -0.294 e. The van der Waals surface area contributed by atoms with Crippen molar-refractivity contribution in [3.8, 4) is 0 Å². The second kappa shape index (κ2) is 6.35. The highest BCUT2D eigenvalue weighted by molar-refractivity contribution is 6.12. The first-order chi connectivity index (χ1) is 13.3. The summed E-state index contributed by atoms with van der Waals surface area (Å²) in [4.78, 5) is 13.1. The largest absolute Gasteiger partial charge is 0.294 e. The van der Waals surface area contributed by atoms with Crippen LogP contribution in [0.15, 0.2) is 90.5 Å². The van der Waals surface area contributed by atoms with Crippen LogP contribution in [0.4, 0.5) is 0 Å². The summed E-state index contributed by atoms with van der Waals surface area (Å²) < 4.78 is 0. The van der Waals surface area contributed by atoms with Crippen LogP contribution in [0.1, 0.15) is 35.1 Å².